The van der Waals surface area contributed by atoms with Crippen LogP contribution in [0.4, 0.5) is 0 Å². The highest BCUT2D eigenvalue weighted by Gasteiger charge is 2.21. The van der Waals surface area contributed by atoms with Crippen LogP contribution in [0.15, 0.2) is 140 Å². The van der Waals surface area contributed by atoms with Crippen molar-refractivity contribution in [3.05, 3.63) is 145 Å². The first kappa shape index (κ1) is 23.0. The van der Waals surface area contributed by atoms with E-state index in [9.17, 15) is 0 Å². The monoisotopic (exact) mass is 546 g/mol. The molecule has 0 N–H and O–H groups in total. The van der Waals surface area contributed by atoms with E-state index in [2.05, 4.69) is 156 Å². The summed E-state index contributed by atoms with van der Waals surface area (Å²) in [6, 6.07) is 51.5. The molecule has 200 valence electrons. The lowest BCUT2D eigenvalue weighted by atomic mass is 9.90. The third-order valence-corrected chi connectivity index (χ3v) is 9.45. The van der Waals surface area contributed by atoms with Gasteiger partial charge in [0.05, 0.1) is 22.1 Å². The van der Waals surface area contributed by atoms with E-state index in [-0.39, 0.29) is 0 Å². The molecule has 0 aliphatic carbocycles. The van der Waals surface area contributed by atoms with Gasteiger partial charge in [0, 0.05) is 32.9 Å². The van der Waals surface area contributed by atoms with Gasteiger partial charge in [0.2, 0.25) is 0 Å². The quantitative estimate of drug-likeness (QED) is 0.191. The van der Waals surface area contributed by atoms with E-state index in [1.54, 1.807) is 0 Å². The Morgan fingerprint density at radius 1 is 0.349 bits per heavy atom. The summed E-state index contributed by atoms with van der Waals surface area (Å²) in [6.07, 6.45) is 0. The fourth-order valence-corrected chi connectivity index (χ4v) is 7.73. The predicted octanol–water partition coefficient (Wildman–Crippen LogP) is 11.1. The molecular weight excluding hydrogens is 520 g/mol. The molecule has 0 atom stereocenters. The second-order valence-electron chi connectivity index (χ2n) is 11.8. The summed E-state index contributed by atoms with van der Waals surface area (Å²) in [6.45, 7) is 2.19. The summed E-state index contributed by atoms with van der Waals surface area (Å²) in [4.78, 5) is 0. The normalized spacial score (nSPS) is 12.3. The molecule has 2 nitrogen and oxygen atoms in total. The van der Waals surface area contributed by atoms with E-state index in [1.165, 1.54) is 92.9 Å². The molecule has 0 unspecified atom stereocenters. The van der Waals surface area contributed by atoms with Crippen LogP contribution in [0, 0.1) is 6.92 Å². The third kappa shape index (κ3) is 2.97. The number of aromatic nitrogens is 2. The molecule has 10 aromatic rings. The highest BCUT2D eigenvalue weighted by molar-refractivity contribution is 6.37. The number of para-hydroxylation sites is 3. The zero-order valence-corrected chi connectivity index (χ0v) is 23.7. The van der Waals surface area contributed by atoms with Crippen molar-refractivity contribution in [3.8, 4) is 11.4 Å². The first-order valence-electron chi connectivity index (χ1n) is 15.0. The van der Waals surface area contributed by atoms with E-state index >= 15 is 0 Å². The average Bonchev–Trinajstić information content (AvgIpc) is 3.56. The van der Waals surface area contributed by atoms with Crippen molar-refractivity contribution in [1.29, 1.82) is 0 Å². The zero-order chi connectivity index (χ0) is 28.2. The number of nitrogens with zero attached hydrogens (tertiary/aromatic N) is 2. The summed E-state index contributed by atoms with van der Waals surface area (Å²) in [5.41, 5.74) is 8.64. The molecule has 2 heteroatoms. The number of fused-ring (bicyclic) bond motifs is 8. The lowest BCUT2D eigenvalue weighted by Crippen LogP contribution is -1.94. The molecule has 0 bridgehead atoms. The number of hydrogen-bond donors (Lipinski definition) is 0. The van der Waals surface area contributed by atoms with Crippen molar-refractivity contribution in [2.45, 2.75) is 6.92 Å². The van der Waals surface area contributed by atoms with E-state index in [1.807, 2.05) is 0 Å². The maximum absolute atomic E-state index is 2.43. The van der Waals surface area contributed by atoms with Gasteiger partial charge >= 0.3 is 0 Å². The maximum Gasteiger partial charge on any atom is 0.0553 e. The summed E-state index contributed by atoms with van der Waals surface area (Å²) in [5.74, 6) is 0. The van der Waals surface area contributed by atoms with Gasteiger partial charge in [-0.15, -0.1) is 0 Å². The molecule has 8 aromatic carbocycles. The molecule has 0 amide bonds. The Hall–Kier alpha value is -5.60. The van der Waals surface area contributed by atoms with Crippen LogP contribution in [0.5, 0.6) is 0 Å². The SMILES string of the molecule is Cc1ccc2c(c1)c1c3ccc4c5c(ccc(cc1n2-c1ccccc1)c35)cc1c4c2ccccc2n1-c1ccccc1. The Bertz CT molecular complexity index is 2710. The van der Waals surface area contributed by atoms with E-state index in [0.29, 0.717) is 0 Å². The molecule has 0 aliphatic heterocycles. The van der Waals surface area contributed by atoms with Gasteiger partial charge < -0.3 is 9.13 Å². The summed E-state index contributed by atoms with van der Waals surface area (Å²) >= 11 is 0. The van der Waals surface area contributed by atoms with Crippen LogP contribution >= 0.6 is 0 Å². The average molecular weight is 547 g/mol. The second-order valence-corrected chi connectivity index (χ2v) is 11.8. The molecule has 0 radical (unpaired) electrons. The van der Waals surface area contributed by atoms with Crippen molar-refractivity contribution in [3.63, 3.8) is 0 Å². The van der Waals surface area contributed by atoms with Crippen LogP contribution in [0.3, 0.4) is 0 Å². The van der Waals surface area contributed by atoms with Crippen molar-refractivity contribution in [2.75, 3.05) is 0 Å². The largest absolute Gasteiger partial charge is 0.309 e. The highest BCUT2D eigenvalue weighted by Crippen LogP contribution is 2.46. The molecule has 2 heterocycles. The lowest BCUT2D eigenvalue weighted by Gasteiger charge is -2.15. The van der Waals surface area contributed by atoms with Crippen LogP contribution in [-0.4, -0.2) is 9.13 Å². The van der Waals surface area contributed by atoms with Gasteiger partial charge in [-0.2, -0.15) is 0 Å². The minimum Gasteiger partial charge on any atom is -0.309 e. The van der Waals surface area contributed by atoms with E-state index in [4.69, 9.17) is 0 Å². The minimum absolute atomic E-state index is 1.19. The molecule has 0 aliphatic rings. The Morgan fingerprint density at radius 2 is 0.860 bits per heavy atom. The number of aryl methyl sites for hydroxylation is 1. The number of hydrogen-bond acceptors (Lipinski definition) is 0. The maximum atomic E-state index is 2.43. The first-order chi connectivity index (χ1) is 21.3. The Kier molecular flexibility index (Phi) is 4.41. The Morgan fingerprint density at radius 3 is 1.47 bits per heavy atom. The predicted molar refractivity (Wildman–Crippen MR) is 184 cm³/mol. The van der Waals surface area contributed by atoms with Gasteiger partial charge in [-0.05, 0) is 93.8 Å². The topological polar surface area (TPSA) is 9.86 Å². The van der Waals surface area contributed by atoms with Gasteiger partial charge in [-0.3, -0.25) is 0 Å². The molecular formula is C41H26N2. The van der Waals surface area contributed by atoms with Crippen LogP contribution in [0.2, 0.25) is 0 Å². The van der Waals surface area contributed by atoms with Gasteiger partial charge in [0.25, 0.3) is 0 Å². The van der Waals surface area contributed by atoms with Crippen molar-refractivity contribution in [2.24, 2.45) is 0 Å². The Balaban J connectivity index is 1.42. The van der Waals surface area contributed by atoms with Crippen molar-refractivity contribution in [1.82, 2.24) is 9.13 Å². The highest BCUT2D eigenvalue weighted by atomic mass is 15.0. The summed E-state index contributed by atoms with van der Waals surface area (Å²) in [7, 11) is 0. The van der Waals surface area contributed by atoms with Gasteiger partial charge in [-0.1, -0.05) is 90.5 Å². The fraction of sp³-hybridized carbons (Fsp3) is 0.0244. The minimum atomic E-state index is 1.19. The molecule has 0 spiro atoms. The molecule has 0 fully saturated rings. The van der Waals surface area contributed by atoms with Crippen LogP contribution in [0.25, 0.3) is 87.3 Å². The van der Waals surface area contributed by atoms with Gasteiger partial charge in [0.15, 0.2) is 0 Å². The summed E-state index contributed by atoms with van der Waals surface area (Å²) < 4.78 is 4.86. The number of benzene rings is 8. The third-order valence-electron chi connectivity index (χ3n) is 9.45. The fourth-order valence-electron chi connectivity index (χ4n) is 7.73. The lowest BCUT2D eigenvalue weighted by molar-refractivity contribution is 1.18. The van der Waals surface area contributed by atoms with Crippen LogP contribution < -0.4 is 0 Å². The smallest absolute Gasteiger partial charge is 0.0553 e. The molecule has 2 aromatic heterocycles. The van der Waals surface area contributed by atoms with Crippen molar-refractivity contribution < 1.29 is 0 Å². The van der Waals surface area contributed by atoms with Gasteiger partial charge in [0.1, 0.15) is 0 Å². The molecule has 0 saturated heterocycles. The van der Waals surface area contributed by atoms with Crippen molar-refractivity contribution >= 4 is 75.9 Å². The zero-order valence-electron chi connectivity index (χ0n) is 23.7. The van der Waals surface area contributed by atoms with E-state index < -0.39 is 0 Å². The Labute approximate surface area is 247 Å². The molecule has 10 rings (SSSR count). The first-order valence-corrected chi connectivity index (χ1v) is 15.0. The number of rotatable bonds is 2. The molecule has 43 heavy (non-hydrogen) atoms. The van der Waals surface area contributed by atoms with Crippen LogP contribution in [-0.2, 0) is 0 Å². The molecule has 0 saturated carbocycles. The van der Waals surface area contributed by atoms with Crippen LogP contribution in [0.1, 0.15) is 5.56 Å². The summed E-state index contributed by atoms with van der Waals surface area (Å²) in [5, 5.41) is 13.2. The van der Waals surface area contributed by atoms with Gasteiger partial charge in [-0.25, -0.2) is 0 Å². The second kappa shape index (κ2) is 8.24. The standard InChI is InChI=1S/C41H26N2/c1-25-16-21-35-33(22-25)41-32-20-19-31-38-26(17-18-27(39(32)38)24-37(41)43(35)29-12-6-3-7-13-29)23-36-40(31)30-14-8-9-15-34(30)42(36)28-10-4-2-5-11-28/h2-24H,1H3. The van der Waals surface area contributed by atoms with E-state index in [0.717, 1.165) is 0 Å².